The normalized spacial score (nSPS) is 17.8. The molecule has 1 aromatic heterocycles. The Morgan fingerprint density at radius 2 is 1.96 bits per heavy atom. The first-order valence-corrected chi connectivity index (χ1v) is 8.57. The summed E-state index contributed by atoms with van der Waals surface area (Å²) >= 11 is 0. The van der Waals surface area contributed by atoms with Crippen molar-refractivity contribution in [1.29, 1.82) is 0 Å². The number of nitrogens with two attached hydrogens (primary N) is 1. The van der Waals surface area contributed by atoms with Gasteiger partial charge in [-0.1, -0.05) is 0 Å². The van der Waals surface area contributed by atoms with Crippen LogP contribution in [0.3, 0.4) is 0 Å². The third-order valence-electron chi connectivity index (χ3n) is 4.99. The Kier molecular flexibility index (Phi) is 6.18. The lowest BCUT2D eigenvalue weighted by Crippen LogP contribution is -2.40. The van der Waals surface area contributed by atoms with Crippen LogP contribution in [0.1, 0.15) is 47.6 Å². The number of aromatic nitrogens is 1. The second-order valence-electron chi connectivity index (χ2n) is 6.84. The summed E-state index contributed by atoms with van der Waals surface area (Å²) < 4.78 is 7.40. The van der Waals surface area contributed by atoms with Crippen LogP contribution in [0.15, 0.2) is 6.07 Å². The molecule has 1 saturated heterocycles. The minimum Gasteiger partial charge on any atom is -0.383 e. The van der Waals surface area contributed by atoms with Crippen LogP contribution in [0.2, 0.25) is 0 Å². The summed E-state index contributed by atoms with van der Waals surface area (Å²) in [7, 11) is 1.69. The number of carbonyl (C=O) groups excluding carboxylic acids is 2. The van der Waals surface area contributed by atoms with Crippen molar-refractivity contribution < 1.29 is 14.3 Å². The van der Waals surface area contributed by atoms with E-state index in [0.29, 0.717) is 13.2 Å². The van der Waals surface area contributed by atoms with Crippen LogP contribution >= 0.6 is 0 Å². The van der Waals surface area contributed by atoms with Gasteiger partial charge in [-0.3, -0.25) is 14.5 Å². The molecule has 1 aliphatic heterocycles. The summed E-state index contributed by atoms with van der Waals surface area (Å²) in [6.07, 6.45) is 1.49. The second kappa shape index (κ2) is 7.94. The van der Waals surface area contributed by atoms with Crippen molar-refractivity contribution >= 4 is 11.7 Å². The summed E-state index contributed by atoms with van der Waals surface area (Å²) in [6.45, 7) is 8.61. The zero-order valence-corrected chi connectivity index (χ0v) is 15.2. The maximum atomic E-state index is 12.7. The molecule has 134 valence electrons. The minimum absolute atomic E-state index is 0.0451. The van der Waals surface area contributed by atoms with E-state index in [2.05, 4.69) is 16.4 Å². The number of aryl methyl sites for hydroxylation is 1. The van der Waals surface area contributed by atoms with Crippen LogP contribution in [0.25, 0.3) is 0 Å². The predicted octanol–water partition coefficient (Wildman–Crippen LogP) is 1.69. The number of Topliss-reactive ketones (excluding diaryl/α,β-unsaturated/α-hetero) is 1. The van der Waals surface area contributed by atoms with Crippen molar-refractivity contribution in [2.24, 2.45) is 11.7 Å². The highest BCUT2D eigenvalue weighted by Crippen LogP contribution is 2.22. The van der Waals surface area contributed by atoms with E-state index < -0.39 is 0 Å². The molecule has 0 radical (unpaired) electrons. The van der Waals surface area contributed by atoms with Crippen molar-refractivity contribution in [2.75, 3.05) is 33.4 Å². The number of hydrogen-bond acceptors (Lipinski definition) is 4. The van der Waals surface area contributed by atoms with Crippen molar-refractivity contribution in [2.45, 2.75) is 39.7 Å². The molecule has 0 saturated carbocycles. The number of ketones is 1. The van der Waals surface area contributed by atoms with Gasteiger partial charge in [0, 0.05) is 30.0 Å². The molecule has 24 heavy (non-hydrogen) atoms. The van der Waals surface area contributed by atoms with Gasteiger partial charge in [0.1, 0.15) is 0 Å². The molecule has 2 rings (SSSR count). The number of primary amides is 1. The third-order valence-corrected chi connectivity index (χ3v) is 4.99. The Bertz CT molecular complexity index is 601. The fourth-order valence-electron chi connectivity index (χ4n) is 3.72. The van der Waals surface area contributed by atoms with Gasteiger partial charge in [-0.25, -0.2) is 0 Å². The lowest BCUT2D eigenvalue weighted by molar-refractivity contribution is -0.123. The van der Waals surface area contributed by atoms with E-state index in [9.17, 15) is 9.59 Å². The van der Waals surface area contributed by atoms with Crippen LogP contribution in [-0.4, -0.2) is 54.5 Å². The molecular formula is C18H29N3O3. The highest BCUT2D eigenvalue weighted by Gasteiger charge is 2.26. The molecule has 1 aliphatic rings. The Hall–Kier alpha value is -1.66. The Morgan fingerprint density at radius 1 is 1.33 bits per heavy atom. The number of piperidine rings is 1. The Balaban J connectivity index is 2.03. The lowest BCUT2D eigenvalue weighted by Gasteiger charge is -2.29. The van der Waals surface area contributed by atoms with Crippen LogP contribution in [0, 0.1) is 19.8 Å². The smallest absolute Gasteiger partial charge is 0.220 e. The number of likely N-dealkylation sites (tertiary alicyclic amines) is 1. The van der Waals surface area contributed by atoms with E-state index in [1.807, 2.05) is 19.9 Å². The topological polar surface area (TPSA) is 77.6 Å². The molecule has 1 fully saturated rings. The Morgan fingerprint density at radius 3 is 2.50 bits per heavy atom. The fraction of sp³-hybridized carbons (Fsp3) is 0.667. The second-order valence-corrected chi connectivity index (χ2v) is 6.84. The summed E-state index contributed by atoms with van der Waals surface area (Å²) in [5.41, 5.74) is 8.22. The van der Waals surface area contributed by atoms with E-state index in [1.54, 1.807) is 7.11 Å². The van der Waals surface area contributed by atoms with E-state index in [1.165, 1.54) is 0 Å². The first-order valence-electron chi connectivity index (χ1n) is 8.57. The molecule has 1 atom stereocenters. The predicted molar refractivity (Wildman–Crippen MR) is 93.2 cm³/mol. The number of nitrogens with zero attached hydrogens (tertiary/aromatic N) is 2. The van der Waals surface area contributed by atoms with Crippen LogP contribution in [-0.2, 0) is 9.53 Å². The minimum atomic E-state index is -0.225. The van der Waals surface area contributed by atoms with Crippen molar-refractivity contribution in [3.8, 4) is 0 Å². The molecule has 2 heterocycles. The maximum absolute atomic E-state index is 12.7. The van der Waals surface area contributed by atoms with E-state index in [-0.39, 0.29) is 23.7 Å². The van der Waals surface area contributed by atoms with Gasteiger partial charge < -0.3 is 15.0 Å². The van der Waals surface area contributed by atoms with Crippen molar-refractivity contribution in [3.05, 3.63) is 23.0 Å². The maximum Gasteiger partial charge on any atom is 0.220 e. The molecule has 6 nitrogen and oxygen atoms in total. The van der Waals surface area contributed by atoms with E-state index in [0.717, 1.165) is 42.9 Å². The number of ether oxygens (including phenoxy) is 1. The lowest BCUT2D eigenvalue weighted by atomic mass is 9.96. The van der Waals surface area contributed by atoms with E-state index >= 15 is 0 Å². The van der Waals surface area contributed by atoms with Crippen LogP contribution in [0.4, 0.5) is 0 Å². The summed E-state index contributed by atoms with van der Waals surface area (Å²) in [5.74, 6) is -0.135. The van der Waals surface area contributed by atoms with Gasteiger partial charge in [-0.05, 0) is 52.8 Å². The number of rotatable bonds is 7. The molecule has 0 unspecified atom stereocenters. The largest absolute Gasteiger partial charge is 0.383 e. The quantitative estimate of drug-likeness (QED) is 0.769. The molecule has 6 heteroatoms. The molecule has 0 aromatic carbocycles. The third kappa shape index (κ3) is 4.05. The molecule has 0 aliphatic carbocycles. The molecule has 1 aromatic rings. The standard InChI is InChI=1S/C18H29N3O3/c1-12-9-16(14(3)21(12)13(2)11-24-4)17(22)10-20-7-5-15(6-8-20)18(19)23/h9,13,15H,5-8,10-11H2,1-4H3,(H2,19,23)/t13-/m0/s1. The number of amides is 1. The highest BCUT2D eigenvalue weighted by molar-refractivity contribution is 5.99. The number of carbonyl (C=O) groups is 2. The zero-order chi connectivity index (χ0) is 17.9. The molecule has 1 amide bonds. The molecular weight excluding hydrogens is 306 g/mol. The van der Waals surface area contributed by atoms with Crippen LogP contribution in [0.5, 0.6) is 0 Å². The Labute approximate surface area is 143 Å². The zero-order valence-electron chi connectivity index (χ0n) is 15.2. The monoisotopic (exact) mass is 335 g/mol. The average molecular weight is 335 g/mol. The summed E-state index contributed by atoms with van der Waals surface area (Å²) in [4.78, 5) is 26.1. The summed E-state index contributed by atoms with van der Waals surface area (Å²) in [6, 6.07) is 2.17. The first kappa shape index (κ1) is 18.7. The van der Waals surface area contributed by atoms with Gasteiger partial charge in [0.05, 0.1) is 19.2 Å². The summed E-state index contributed by atoms with van der Waals surface area (Å²) in [5, 5.41) is 0. The number of methoxy groups -OCH3 is 1. The number of hydrogen-bond donors (Lipinski definition) is 1. The average Bonchev–Trinajstić information content (AvgIpc) is 2.83. The van der Waals surface area contributed by atoms with Crippen molar-refractivity contribution in [1.82, 2.24) is 9.47 Å². The molecule has 0 bridgehead atoms. The fourth-order valence-corrected chi connectivity index (χ4v) is 3.72. The van der Waals surface area contributed by atoms with Gasteiger partial charge >= 0.3 is 0 Å². The first-order chi connectivity index (χ1) is 11.3. The highest BCUT2D eigenvalue weighted by atomic mass is 16.5. The van der Waals surface area contributed by atoms with E-state index in [4.69, 9.17) is 10.5 Å². The van der Waals surface area contributed by atoms with Crippen LogP contribution < -0.4 is 5.73 Å². The van der Waals surface area contributed by atoms with Crippen molar-refractivity contribution in [3.63, 3.8) is 0 Å². The SMILES string of the molecule is COC[C@H](C)n1c(C)cc(C(=O)CN2CCC(C(N)=O)CC2)c1C. The van der Waals surface area contributed by atoms with Gasteiger partial charge in [0.25, 0.3) is 0 Å². The van der Waals surface area contributed by atoms with Gasteiger partial charge in [0.2, 0.25) is 5.91 Å². The van der Waals surface area contributed by atoms with Gasteiger partial charge in [0.15, 0.2) is 5.78 Å². The molecule has 2 N–H and O–H groups in total. The van der Waals surface area contributed by atoms with Gasteiger partial charge in [-0.15, -0.1) is 0 Å². The molecule has 0 spiro atoms. The van der Waals surface area contributed by atoms with Gasteiger partial charge in [-0.2, -0.15) is 0 Å².